The molecule has 6 heteroatoms. The van der Waals surface area contributed by atoms with Crippen LogP contribution < -0.4 is 11.3 Å². The van der Waals surface area contributed by atoms with Gasteiger partial charge in [0.1, 0.15) is 11.6 Å². The largest absolute Gasteiger partial charge is 0.338 e. The first-order valence-corrected chi connectivity index (χ1v) is 6.78. The molecule has 0 aliphatic carbocycles. The molecule has 1 unspecified atom stereocenters. The summed E-state index contributed by atoms with van der Waals surface area (Å²) in [7, 11) is 1.94. The van der Waals surface area contributed by atoms with E-state index in [1.165, 1.54) is 6.07 Å². The third kappa shape index (κ3) is 3.40. The Morgan fingerprint density at radius 3 is 2.89 bits per heavy atom. The number of benzene rings is 1. The van der Waals surface area contributed by atoms with E-state index in [-0.39, 0.29) is 11.9 Å². The van der Waals surface area contributed by atoms with Gasteiger partial charge in [-0.2, -0.15) is 0 Å². The average molecular weight is 327 g/mol. The van der Waals surface area contributed by atoms with Crippen LogP contribution in [0, 0.1) is 5.82 Å². The van der Waals surface area contributed by atoms with Crippen LogP contribution in [0.4, 0.5) is 4.39 Å². The minimum absolute atomic E-state index is 0.232. The van der Waals surface area contributed by atoms with Crippen LogP contribution in [0.5, 0.6) is 0 Å². The molecule has 0 radical (unpaired) electrons. The first kappa shape index (κ1) is 14.2. The second-order valence-corrected chi connectivity index (χ2v) is 5.29. The summed E-state index contributed by atoms with van der Waals surface area (Å²) in [6.45, 7) is 0. The number of nitrogens with one attached hydrogen (secondary N) is 1. The first-order chi connectivity index (χ1) is 9.11. The molecule has 0 bridgehead atoms. The molecule has 1 heterocycles. The Morgan fingerprint density at radius 1 is 1.53 bits per heavy atom. The van der Waals surface area contributed by atoms with Gasteiger partial charge < -0.3 is 4.57 Å². The highest BCUT2D eigenvalue weighted by Crippen LogP contribution is 2.23. The van der Waals surface area contributed by atoms with E-state index in [9.17, 15) is 4.39 Å². The van der Waals surface area contributed by atoms with Gasteiger partial charge in [0.05, 0.1) is 0 Å². The van der Waals surface area contributed by atoms with E-state index in [1.54, 1.807) is 12.3 Å². The van der Waals surface area contributed by atoms with Gasteiger partial charge in [-0.05, 0) is 18.6 Å². The van der Waals surface area contributed by atoms with E-state index in [0.717, 1.165) is 12.2 Å². The lowest BCUT2D eigenvalue weighted by Crippen LogP contribution is -2.29. The monoisotopic (exact) mass is 326 g/mol. The van der Waals surface area contributed by atoms with Gasteiger partial charge in [-0.25, -0.2) is 9.37 Å². The van der Waals surface area contributed by atoms with Crippen molar-refractivity contribution in [3.63, 3.8) is 0 Å². The van der Waals surface area contributed by atoms with E-state index in [1.807, 2.05) is 23.9 Å². The smallest absolute Gasteiger partial charge is 0.129 e. The average Bonchev–Trinajstić information content (AvgIpc) is 2.78. The number of hydrogen-bond acceptors (Lipinski definition) is 3. The van der Waals surface area contributed by atoms with Gasteiger partial charge in [0, 0.05) is 41.9 Å². The Labute approximate surface area is 119 Å². The normalized spacial score (nSPS) is 12.6. The molecule has 0 saturated carbocycles. The third-order valence-electron chi connectivity index (χ3n) is 3.12. The predicted molar refractivity (Wildman–Crippen MR) is 75.7 cm³/mol. The summed E-state index contributed by atoms with van der Waals surface area (Å²) in [5.74, 6) is 6.22. The van der Waals surface area contributed by atoms with Gasteiger partial charge in [-0.1, -0.05) is 22.0 Å². The molecule has 0 saturated heterocycles. The molecule has 0 spiro atoms. The number of hydrazine groups is 1. The molecule has 4 nitrogen and oxygen atoms in total. The van der Waals surface area contributed by atoms with Crippen LogP contribution in [-0.2, 0) is 13.5 Å². The minimum atomic E-state index is -0.267. The summed E-state index contributed by atoms with van der Waals surface area (Å²) in [6.07, 6.45) is 5.05. The second-order valence-electron chi connectivity index (χ2n) is 4.38. The highest BCUT2D eigenvalue weighted by Gasteiger charge is 2.15. The van der Waals surface area contributed by atoms with Gasteiger partial charge >= 0.3 is 0 Å². The van der Waals surface area contributed by atoms with Crippen LogP contribution in [0.3, 0.4) is 0 Å². The Kier molecular flexibility index (Phi) is 4.68. The number of aryl methyl sites for hydroxylation is 2. The molecule has 1 atom stereocenters. The number of imidazole rings is 1. The van der Waals surface area contributed by atoms with Crippen LogP contribution in [0.25, 0.3) is 0 Å². The van der Waals surface area contributed by atoms with Crippen LogP contribution >= 0.6 is 15.9 Å². The lowest BCUT2D eigenvalue weighted by Gasteiger charge is -2.17. The lowest BCUT2D eigenvalue weighted by molar-refractivity contribution is 0.478. The van der Waals surface area contributed by atoms with E-state index >= 15 is 0 Å². The standard InChI is InChI=1S/C13H16BrFN4/c1-19-7-6-17-13(19)5-4-12(18-16)10-3-2-9(14)8-11(10)15/h2-3,6-8,12,18H,4-5,16H2,1H3. The van der Waals surface area contributed by atoms with Crippen molar-refractivity contribution < 1.29 is 4.39 Å². The summed E-state index contributed by atoms with van der Waals surface area (Å²) in [5.41, 5.74) is 3.24. The van der Waals surface area contributed by atoms with Crippen molar-refractivity contribution in [2.75, 3.05) is 0 Å². The van der Waals surface area contributed by atoms with E-state index in [4.69, 9.17) is 5.84 Å². The molecule has 19 heavy (non-hydrogen) atoms. The number of nitrogens with zero attached hydrogens (tertiary/aromatic N) is 2. The summed E-state index contributed by atoms with van der Waals surface area (Å²) in [4.78, 5) is 4.25. The summed E-state index contributed by atoms with van der Waals surface area (Å²) < 4.78 is 16.6. The molecule has 0 aliphatic heterocycles. The van der Waals surface area contributed by atoms with Crippen LogP contribution in [0.2, 0.25) is 0 Å². The van der Waals surface area contributed by atoms with Gasteiger partial charge in [-0.15, -0.1) is 0 Å². The third-order valence-corrected chi connectivity index (χ3v) is 3.61. The number of nitrogens with two attached hydrogens (primary N) is 1. The molecule has 1 aromatic heterocycles. The van der Waals surface area contributed by atoms with Crippen molar-refractivity contribution in [3.8, 4) is 0 Å². The fourth-order valence-electron chi connectivity index (χ4n) is 2.02. The van der Waals surface area contributed by atoms with Crippen molar-refractivity contribution in [1.82, 2.24) is 15.0 Å². The zero-order chi connectivity index (χ0) is 13.8. The quantitative estimate of drug-likeness (QED) is 0.655. The predicted octanol–water partition coefficient (Wildman–Crippen LogP) is 2.46. The molecule has 0 fully saturated rings. The number of halogens is 2. The van der Waals surface area contributed by atoms with Crippen molar-refractivity contribution in [2.45, 2.75) is 18.9 Å². The maximum absolute atomic E-state index is 13.9. The SMILES string of the molecule is Cn1ccnc1CCC(NN)c1ccc(Br)cc1F. The molecular weight excluding hydrogens is 311 g/mol. The summed E-state index contributed by atoms with van der Waals surface area (Å²) >= 11 is 3.24. The van der Waals surface area contributed by atoms with Gasteiger partial charge in [-0.3, -0.25) is 11.3 Å². The number of aromatic nitrogens is 2. The van der Waals surface area contributed by atoms with Crippen molar-refractivity contribution in [2.24, 2.45) is 12.9 Å². The van der Waals surface area contributed by atoms with Crippen molar-refractivity contribution in [3.05, 3.63) is 52.3 Å². The van der Waals surface area contributed by atoms with Crippen LogP contribution in [0.1, 0.15) is 23.9 Å². The molecule has 3 N–H and O–H groups in total. The van der Waals surface area contributed by atoms with Gasteiger partial charge in [0.2, 0.25) is 0 Å². The Bertz CT molecular complexity index is 555. The van der Waals surface area contributed by atoms with Gasteiger partial charge in [0.15, 0.2) is 0 Å². The molecule has 0 aliphatic rings. The topological polar surface area (TPSA) is 55.9 Å². The number of rotatable bonds is 5. The zero-order valence-corrected chi connectivity index (χ0v) is 12.2. The molecule has 1 aromatic carbocycles. The molecule has 2 aromatic rings. The number of hydrogen-bond donors (Lipinski definition) is 2. The fraction of sp³-hybridized carbons (Fsp3) is 0.308. The Morgan fingerprint density at radius 2 is 2.32 bits per heavy atom. The Balaban J connectivity index is 2.10. The molecular formula is C13H16BrFN4. The van der Waals surface area contributed by atoms with Crippen molar-refractivity contribution >= 4 is 15.9 Å². The minimum Gasteiger partial charge on any atom is -0.338 e. The summed E-state index contributed by atoms with van der Waals surface area (Å²) in [5, 5.41) is 0. The first-order valence-electron chi connectivity index (χ1n) is 5.99. The van der Waals surface area contributed by atoms with E-state index in [2.05, 4.69) is 26.3 Å². The maximum Gasteiger partial charge on any atom is 0.129 e. The van der Waals surface area contributed by atoms with Crippen LogP contribution in [0.15, 0.2) is 35.1 Å². The van der Waals surface area contributed by atoms with Gasteiger partial charge in [0.25, 0.3) is 0 Å². The fourth-order valence-corrected chi connectivity index (χ4v) is 2.36. The Hall–Kier alpha value is -1.24. The highest BCUT2D eigenvalue weighted by molar-refractivity contribution is 9.10. The summed E-state index contributed by atoms with van der Waals surface area (Å²) in [6, 6.07) is 4.76. The van der Waals surface area contributed by atoms with E-state index in [0.29, 0.717) is 16.5 Å². The molecule has 102 valence electrons. The maximum atomic E-state index is 13.9. The van der Waals surface area contributed by atoms with E-state index < -0.39 is 0 Å². The van der Waals surface area contributed by atoms with Crippen molar-refractivity contribution in [1.29, 1.82) is 0 Å². The second kappa shape index (κ2) is 6.27. The molecule has 2 rings (SSSR count). The van der Waals surface area contributed by atoms with Crippen LogP contribution in [-0.4, -0.2) is 9.55 Å². The molecule has 0 amide bonds. The lowest BCUT2D eigenvalue weighted by atomic mass is 10.0. The highest BCUT2D eigenvalue weighted by atomic mass is 79.9. The zero-order valence-electron chi connectivity index (χ0n) is 10.6.